The van der Waals surface area contributed by atoms with E-state index in [1.165, 1.54) is 0 Å². The van der Waals surface area contributed by atoms with Gasteiger partial charge in [0, 0.05) is 39.6 Å². The number of alkyl halides is 2. The molecule has 0 atom stereocenters. The Morgan fingerprint density at radius 1 is 1.33 bits per heavy atom. The predicted octanol–water partition coefficient (Wildman–Crippen LogP) is 2.00. The van der Waals surface area contributed by atoms with Gasteiger partial charge in [-0.3, -0.25) is 0 Å². The Bertz CT molecular complexity index is 70.7. The third-order valence-corrected chi connectivity index (χ3v) is 0.256. The zero-order valence-corrected chi connectivity index (χ0v) is 7.34. The normalized spacial score (nSPS) is 11.3. The molecule has 0 aromatic heterocycles. The summed E-state index contributed by atoms with van der Waals surface area (Å²) >= 11 is 0. The van der Waals surface area contributed by atoms with Crippen molar-refractivity contribution in [3.05, 3.63) is 6.61 Å². The average Bonchev–Trinajstić information content (AvgIpc) is 1.21. The minimum absolute atomic E-state index is 0. The van der Waals surface area contributed by atoms with Gasteiger partial charge in [0.15, 0.2) is 0 Å². The second-order valence-corrected chi connectivity index (χ2v) is 1.14. The quantitative estimate of drug-likeness (QED) is 0.510. The summed E-state index contributed by atoms with van der Waals surface area (Å²) in [6.45, 7) is -2.50. The van der Waals surface area contributed by atoms with Gasteiger partial charge in [0.1, 0.15) is 6.61 Å². The fourth-order valence-corrected chi connectivity index (χ4v) is 0.135. The van der Waals surface area contributed by atoms with Crippen molar-refractivity contribution in [3.63, 3.8) is 0 Å². The third-order valence-electron chi connectivity index (χ3n) is 0.256. The number of halogens is 4. The van der Waals surface area contributed by atoms with E-state index in [9.17, 15) is 17.6 Å². The van der Waals surface area contributed by atoms with Crippen molar-refractivity contribution in [2.24, 2.45) is 0 Å². The molecule has 0 aromatic carbocycles. The van der Waals surface area contributed by atoms with Crippen LogP contribution in [0, 0.1) is 6.61 Å². The van der Waals surface area contributed by atoms with E-state index >= 15 is 0 Å². The van der Waals surface area contributed by atoms with Crippen molar-refractivity contribution >= 4 is 0 Å². The van der Waals surface area contributed by atoms with E-state index < -0.39 is 12.7 Å². The van der Waals surface area contributed by atoms with Crippen LogP contribution in [0.3, 0.4) is 0 Å². The van der Waals surface area contributed by atoms with Crippen molar-refractivity contribution in [2.45, 2.75) is 13.0 Å². The minimum atomic E-state index is -3.77. The maximum Gasteiger partial charge on any atom is 0.329 e. The largest absolute Gasteiger partial charge is 0.433 e. The van der Waals surface area contributed by atoms with Crippen molar-refractivity contribution in [2.75, 3.05) is 0 Å². The van der Waals surface area contributed by atoms with Crippen molar-refractivity contribution in [3.8, 4) is 0 Å². The standard InChI is InChI=1S/C3H3F4O.Y/c1-3(6,7)8-2(4)5;/h1H3;/q-1;. The van der Waals surface area contributed by atoms with Gasteiger partial charge in [-0.25, -0.2) is 0 Å². The van der Waals surface area contributed by atoms with Crippen LogP contribution in [-0.4, -0.2) is 6.11 Å². The number of ether oxygens (including phenoxy) is 1. The summed E-state index contributed by atoms with van der Waals surface area (Å²) < 4.78 is 46.7. The topological polar surface area (TPSA) is 9.23 Å². The molecule has 0 saturated heterocycles. The van der Waals surface area contributed by atoms with E-state index in [4.69, 9.17) is 0 Å². The Kier molecular flexibility index (Phi) is 6.34. The molecule has 0 aliphatic heterocycles. The van der Waals surface area contributed by atoms with Gasteiger partial charge in [-0.15, -0.1) is 0 Å². The summed E-state index contributed by atoms with van der Waals surface area (Å²) in [5.41, 5.74) is 0. The first-order valence-corrected chi connectivity index (χ1v) is 1.66. The van der Waals surface area contributed by atoms with Crippen LogP contribution in [0.15, 0.2) is 0 Å². The van der Waals surface area contributed by atoms with E-state index in [2.05, 4.69) is 4.74 Å². The summed E-state index contributed by atoms with van der Waals surface area (Å²) in [5, 5.41) is 0. The molecule has 0 bridgehead atoms. The molecule has 0 rings (SSSR count). The number of hydrogen-bond donors (Lipinski definition) is 0. The third kappa shape index (κ3) is 12.1. The molecule has 6 heteroatoms. The van der Waals surface area contributed by atoms with Gasteiger partial charge < -0.3 is 13.5 Å². The molecule has 0 unspecified atom stereocenters. The van der Waals surface area contributed by atoms with Crippen LogP contribution in [0.5, 0.6) is 0 Å². The average molecular weight is 220 g/mol. The van der Waals surface area contributed by atoms with Gasteiger partial charge in [0.25, 0.3) is 0 Å². The molecule has 0 fully saturated rings. The maximum atomic E-state index is 11.2. The molecular formula is C3H3F4OY-. The molecule has 1 nitrogen and oxygen atoms in total. The number of rotatable bonds is 2. The van der Waals surface area contributed by atoms with E-state index in [-0.39, 0.29) is 39.6 Å². The summed E-state index contributed by atoms with van der Waals surface area (Å²) in [6, 6.07) is 0. The Morgan fingerprint density at radius 3 is 1.67 bits per heavy atom. The minimum Gasteiger partial charge on any atom is -0.433 e. The van der Waals surface area contributed by atoms with Gasteiger partial charge in [0.2, 0.25) is 0 Å². The summed E-state index contributed by atoms with van der Waals surface area (Å²) in [4.78, 5) is 0. The van der Waals surface area contributed by atoms with E-state index in [1.54, 1.807) is 0 Å². The van der Waals surface area contributed by atoms with Gasteiger partial charge in [0.05, 0.1) is 0 Å². The first-order valence-electron chi connectivity index (χ1n) is 1.66. The molecule has 0 aliphatic carbocycles. The van der Waals surface area contributed by atoms with Crippen molar-refractivity contribution in [1.82, 2.24) is 0 Å². The monoisotopic (exact) mass is 220 g/mol. The Labute approximate surface area is 74.6 Å². The fourth-order valence-electron chi connectivity index (χ4n) is 0.135. The predicted molar refractivity (Wildman–Crippen MR) is 17.2 cm³/mol. The van der Waals surface area contributed by atoms with Crippen LogP contribution in [0.2, 0.25) is 0 Å². The van der Waals surface area contributed by atoms with E-state index in [1.807, 2.05) is 0 Å². The summed E-state index contributed by atoms with van der Waals surface area (Å²) in [6.07, 6.45) is -3.77. The van der Waals surface area contributed by atoms with Gasteiger partial charge >= 0.3 is 6.11 Å². The van der Waals surface area contributed by atoms with Crippen LogP contribution < -0.4 is 0 Å². The van der Waals surface area contributed by atoms with Crippen LogP contribution in [0.4, 0.5) is 17.6 Å². The van der Waals surface area contributed by atoms with Crippen LogP contribution >= 0.6 is 0 Å². The zero-order chi connectivity index (χ0) is 6.78. The fraction of sp³-hybridized carbons (Fsp3) is 0.667. The zero-order valence-electron chi connectivity index (χ0n) is 4.50. The first kappa shape index (κ1) is 12.5. The first-order chi connectivity index (χ1) is 3.42. The molecule has 0 spiro atoms. The van der Waals surface area contributed by atoms with Crippen molar-refractivity contribution < 1.29 is 55.0 Å². The molecule has 0 N–H and O–H groups in total. The van der Waals surface area contributed by atoms with Crippen LogP contribution in [0.1, 0.15) is 6.92 Å². The molecule has 0 heterocycles. The van der Waals surface area contributed by atoms with Gasteiger partial charge in [-0.1, -0.05) is 0 Å². The van der Waals surface area contributed by atoms with Crippen molar-refractivity contribution in [1.29, 1.82) is 0 Å². The molecule has 9 heavy (non-hydrogen) atoms. The van der Waals surface area contributed by atoms with E-state index in [0.717, 1.165) is 0 Å². The second-order valence-electron chi connectivity index (χ2n) is 1.14. The Balaban J connectivity index is 0. The molecule has 1 radical (unpaired) electrons. The Morgan fingerprint density at radius 2 is 1.67 bits per heavy atom. The molecular weight excluding hydrogens is 217 g/mol. The molecule has 0 amide bonds. The van der Waals surface area contributed by atoms with Crippen LogP contribution in [-0.2, 0) is 37.4 Å². The van der Waals surface area contributed by atoms with Gasteiger partial charge in [-0.05, 0) is 0 Å². The van der Waals surface area contributed by atoms with Gasteiger partial charge in [-0.2, -0.15) is 8.78 Å². The molecule has 0 saturated carbocycles. The van der Waals surface area contributed by atoms with E-state index in [0.29, 0.717) is 0 Å². The number of hydrogen-bond acceptors (Lipinski definition) is 1. The Hall–Kier alpha value is 0.784. The smallest absolute Gasteiger partial charge is 0.329 e. The molecule has 53 valence electrons. The molecule has 0 aromatic rings. The van der Waals surface area contributed by atoms with Crippen LogP contribution in [0.25, 0.3) is 0 Å². The molecule has 0 aliphatic rings. The SMILES string of the molecule is CC(F)(F)O[C-](F)F.[Y]. The second kappa shape index (κ2) is 4.58. The summed E-state index contributed by atoms with van der Waals surface area (Å²) in [7, 11) is 0. The summed E-state index contributed by atoms with van der Waals surface area (Å²) in [5.74, 6) is 0. The maximum absolute atomic E-state index is 11.2.